The second-order valence-corrected chi connectivity index (χ2v) is 2.62. The zero-order valence-corrected chi connectivity index (χ0v) is 7.68. The molecule has 1 heterocycles. The van der Waals surface area contributed by atoms with Crippen molar-refractivity contribution in [3.05, 3.63) is 45.9 Å². The molecule has 72 valence electrons. The predicted octanol–water partition coefficient (Wildman–Crippen LogP) is 2.85. The smallest absolute Gasteiger partial charge is 0.213 e. The van der Waals surface area contributed by atoms with E-state index in [0.29, 0.717) is 5.69 Å². The highest BCUT2D eigenvalue weighted by molar-refractivity contribution is 5.51. The maximum absolute atomic E-state index is 12.6. The molecular weight excluding hydrogens is 183 g/mol. The molecule has 1 aromatic rings. The van der Waals surface area contributed by atoms with Crippen LogP contribution in [0.3, 0.4) is 0 Å². The Labute approximate surface area is 80.7 Å². The van der Waals surface area contributed by atoms with E-state index in [1.54, 1.807) is 25.1 Å². The third-order valence-electron chi connectivity index (χ3n) is 1.64. The second-order valence-electron chi connectivity index (χ2n) is 2.62. The summed E-state index contributed by atoms with van der Waals surface area (Å²) in [6.07, 6.45) is 3.44. The van der Waals surface area contributed by atoms with Gasteiger partial charge in [-0.25, -0.2) is 4.98 Å². The molecule has 0 aliphatic carbocycles. The number of hydrogen-bond donors (Lipinski definition) is 0. The summed E-state index contributed by atoms with van der Waals surface area (Å²) in [5.41, 5.74) is 9.45. The van der Waals surface area contributed by atoms with Crippen molar-refractivity contribution in [3.8, 4) is 0 Å². The standard InChI is InChI=1S/C9H9FN4/c1-7-8(3-2-6-12-14-11)4-5-9(10)13-7/h2-5H,6H2,1H3. The van der Waals surface area contributed by atoms with Crippen LogP contribution >= 0.6 is 0 Å². The topological polar surface area (TPSA) is 61.7 Å². The lowest BCUT2D eigenvalue weighted by Crippen LogP contribution is -1.89. The van der Waals surface area contributed by atoms with Gasteiger partial charge >= 0.3 is 0 Å². The van der Waals surface area contributed by atoms with Crippen molar-refractivity contribution in [3.63, 3.8) is 0 Å². The van der Waals surface area contributed by atoms with Gasteiger partial charge in [-0.2, -0.15) is 4.39 Å². The Morgan fingerprint density at radius 3 is 3.07 bits per heavy atom. The SMILES string of the molecule is Cc1nc(F)ccc1C=CCN=[N+]=[N-]. The second kappa shape index (κ2) is 4.99. The summed E-state index contributed by atoms with van der Waals surface area (Å²) < 4.78 is 12.6. The number of aryl methyl sites for hydroxylation is 1. The van der Waals surface area contributed by atoms with Crippen molar-refractivity contribution in [1.82, 2.24) is 4.98 Å². The molecule has 0 aliphatic rings. The lowest BCUT2D eigenvalue weighted by Gasteiger charge is -1.97. The Morgan fingerprint density at radius 2 is 2.43 bits per heavy atom. The van der Waals surface area contributed by atoms with Gasteiger partial charge < -0.3 is 0 Å². The molecule has 0 bridgehead atoms. The minimum absolute atomic E-state index is 0.285. The van der Waals surface area contributed by atoms with Gasteiger partial charge in [0.25, 0.3) is 0 Å². The third-order valence-corrected chi connectivity index (χ3v) is 1.64. The maximum atomic E-state index is 12.6. The summed E-state index contributed by atoms with van der Waals surface area (Å²) in [4.78, 5) is 6.25. The van der Waals surface area contributed by atoms with Crippen molar-refractivity contribution in [2.24, 2.45) is 5.11 Å². The van der Waals surface area contributed by atoms with E-state index < -0.39 is 5.95 Å². The number of halogens is 1. The molecule has 0 N–H and O–H groups in total. The lowest BCUT2D eigenvalue weighted by molar-refractivity contribution is 0.580. The third kappa shape index (κ3) is 2.88. The monoisotopic (exact) mass is 192 g/mol. The van der Waals surface area contributed by atoms with Crippen LogP contribution in [0.1, 0.15) is 11.3 Å². The average molecular weight is 192 g/mol. The fourth-order valence-corrected chi connectivity index (χ4v) is 0.981. The van der Waals surface area contributed by atoms with Crippen molar-refractivity contribution in [2.45, 2.75) is 6.92 Å². The Balaban J connectivity index is 2.76. The van der Waals surface area contributed by atoms with E-state index >= 15 is 0 Å². The molecule has 0 saturated carbocycles. The van der Waals surface area contributed by atoms with Gasteiger partial charge in [0.15, 0.2) is 0 Å². The van der Waals surface area contributed by atoms with Crippen LogP contribution in [-0.2, 0) is 0 Å². The van der Waals surface area contributed by atoms with E-state index in [-0.39, 0.29) is 6.54 Å². The molecule has 0 saturated heterocycles. The molecule has 4 nitrogen and oxygen atoms in total. The summed E-state index contributed by atoms with van der Waals surface area (Å²) in [5, 5.41) is 3.33. The molecule has 0 atom stereocenters. The molecule has 14 heavy (non-hydrogen) atoms. The highest BCUT2D eigenvalue weighted by Crippen LogP contribution is 2.07. The average Bonchev–Trinajstić information content (AvgIpc) is 2.15. The van der Waals surface area contributed by atoms with Crippen LogP contribution in [0.5, 0.6) is 0 Å². The lowest BCUT2D eigenvalue weighted by atomic mass is 10.2. The van der Waals surface area contributed by atoms with Gasteiger partial charge in [0.05, 0.1) is 0 Å². The largest absolute Gasteiger partial charge is 0.225 e. The van der Waals surface area contributed by atoms with Crippen molar-refractivity contribution in [2.75, 3.05) is 6.54 Å². The highest BCUT2D eigenvalue weighted by atomic mass is 19.1. The number of aromatic nitrogens is 1. The summed E-state index contributed by atoms with van der Waals surface area (Å²) in [7, 11) is 0. The molecule has 0 aliphatic heterocycles. The Kier molecular flexibility index (Phi) is 3.64. The predicted molar refractivity (Wildman–Crippen MR) is 52.0 cm³/mol. The van der Waals surface area contributed by atoms with Gasteiger partial charge in [-0.05, 0) is 30.2 Å². The summed E-state index contributed by atoms with van der Waals surface area (Å²) in [6.45, 7) is 2.00. The van der Waals surface area contributed by atoms with Gasteiger partial charge in [-0.1, -0.05) is 17.3 Å². The first-order chi connectivity index (χ1) is 6.74. The van der Waals surface area contributed by atoms with Gasteiger partial charge in [0.2, 0.25) is 5.95 Å². The van der Waals surface area contributed by atoms with Crippen LogP contribution in [0.15, 0.2) is 23.3 Å². The molecule has 0 unspecified atom stereocenters. The number of azide groups is 1. The molecule has 5 heteroatoms. The normalized spacial score (nSPS) is 10.1. The van der Waals surface area contributed by atoms with Gasteiger partial charge in [0.1, 0.15) is 0 Å². The number of nitrogens with zero attached hydrogens (tertiary/aromatic N) is 4. The molecule has 1 rings (SSSR count). The Morgan fingerprint density at radius 1 is 1.64 bits per heavy atom. The van der Waals surface area contributed by atoms with Gasteiger partial charge in [-0.15, -0.1) is 0 Å². The fraction of sp³-hybridized carbons (Fsp3) is 0.222. The van der Waals surface area contributed by atoms with E-state index in [1.165, 1.54) is 6.07 Å². The molecule has 0 spiro atoms. The summed E-state index contributed by atoms with van der Waals surface area (Å²) in [5.74, 6) is -0.491. The van der Waals surface area contributed by atoms with Crippen LogP contribution in [0.25, 0.3) is 16.5 Å². The van der Waals surface area contributed by atoms with E-state index in [0.717, 1.165) is 5.56 Å². The van der Waals surface area contributed by atoms with Crippen LogP contribution in [0, 0.1) is 12.9 Å². The van der Waals surface area contributed by atoms with Crippen LogP contribution in [0.2, 0.25) is 0 Å². The molecule has 0 aromatic carbocycles. The van der Waals surface area contributed by atoms with Crippen molar-refractivity contribution in [1.29, 1.82) is 0 Å². The van der Waals surface area contributed by atoms with Gasteiger partial charge in [0, 0.05) is 17.2 Å². The van der Waals surface area contributed by atoms with Crippen molar-refractivity contribution >= 4 is 6.08 Å². The first kappa shape index (κ1) is 10.2. The maximum Gasteiger partial charge on any atom is 0.213 e. The quantitative estimate of drug-likeness (QED) is 0.314. The van der Waals surface area contributed by atoms with E-state index in [4.69, 9.17) is 5.53 Å². The first-order valence-corrected chi connectivity index (χ1v) is 4.04. The zero-order chi connectivity index (χ0) is 10.4. The van der Waals surface area contributed by atoms with Crippen molar-refractivity contribution < 1.29 is 4.39 Å². The summed E-state index contributed by atoms with van der Waals surface area (Å²) >= 11 is 0. The minimum atomic E-state index is -0.491. The fourth-order valence-electron chi connectivity index (χ4n) is 0.981. The first-order valence-electron chi connectivity index (χ1n) is 4.04. The number of hydrogen-bond acceptors (Lipinski definition) is 2. The van der Waals surface area contributed by atoms with E-state index in [9.17, 15) is 4.39 Å². The number of pyridine rings is 1. The Bertz CT molecular complexity index is 394. The van der Waals surface area contributed by atoms with Crippen LogP contribution in [0.4, 0.5) is 4.39 Å². The molecule has 0 fully saturated rings. The molecule has 0 radical (unpaired) electrons. The minimum Gasteiger partial charge on any atom is -0.225 e. The number of rotatable bonds is 3. The summed E-state index contributed by atoms with van der Waals surface area (Å²) in [6, 6.07) is 2.92. The van der Waals surface area contributed by atoms with Crippen LogP contribution in [-0.4, -0.2) is 11.5 Å². The molecule has 1 aromatic heterocycles. The molecule has 0 amide bonds. The molecular formula is C9H9FN4. The van der Waals surface area contributed by atoms with Gasteiger partial charge in [-0.3, -0.25) is 0 Å². The highest BCUT2D eigenvalue weighted by Gasteiger charge is 1.96. The zero-order valence-electron chi connectivity index (χ0n) is 7.68. The Hall–Kier alpha value is -1.87. The van der Waals surface area contributed by atoms with Crippen LogP contribution < -0.4 is 0 Å². The van der Waals surface area contributed by atoms with E-state index in [1.807, 2.05) is 0 Å². The van der Waals surface area contributed by atoms with E-state index in [2.05, 4.69) is 15.0 Å².